The topological polar surface area (TPSA) is 43.1 Å². The Morgan fingerprint density at radius 3 is 2.23 bits per heavy atom. The van der Waals surface area contributed by atoms with Crippen LogP contribution in [0.2, 0.25) is 0 Å². The number of hydrogen-bond acceptors (Lipinski definition) is 1. The number of hydrogen-bond donors (Lipinski definition) is 1. The van der Waals surface area contributed by atoms with Gasteiger partial charge in [0, 0.05) is 0 Å². The van der Waals surface area contributed by atoms with Crippen LogP contribution in [0.4, 0.5) is 0 Å². The van der Waals surface area contributed by atoms with Crippen molar-refractivity contribution in [2.45, 2.75) is 9.65 Å². The number of alkyl halides is 2. The minimum absolute atomic E-state index is 0.0776. The number of carbonyl (C=O) groups is 1. The van der Waals surface area contributed by atoms with Gasteiger partial charge in [0.15, 0.2) is 0 Å². The number of rotatable bonds is 3. The van der Waals surface area contributed by atoms with E-state index in [4.69, 9.17) is 5.73 Å². The summed E-state index contributed by atoms with van der Waals surface area (Å²) in [6, 6.07) is 9.65. The summed E-state index contributed by atoms with van der Waals surface area (Å²) in [4.78, 5) is 10.4. The summed E-state index contributed by atoms with van der Waals surface area (Å²) in [6.07, 6.45) is 0. The predicted octanol–water partition coefficient (Wildman–Crippen LogP) is 2.37. The summed E-state index contributed by atoms with van der Waals surface area (Å²) in [5, 5.41) is 0. The Balaban J connectivity index is 2.79. The van der Waals surface area contributed by atoms with Gasteiger partial charge < -0.3 is 5.73 Å². The predicted molar refractivity (Wildman–Crippen MR) is 60.0 cm³/mol. The monoisotopic (exact) mass is 305 g/mol. The Hall–Kier alpha value is -0.350. The van der Waals surface area contributed by atoms with Crippen molar-refractivity contribution >= 4 is 37.8 Å². The van der Waals surface area contributed by atoms with E-state index in [2.05, 4.69) is 31.9 Å². The van der Waals surface area contributed by atoms with Gasteiger partial charge in [-0.3, -0.25) is 4.79 Å². The molecule has 0 spiro atoms. The lowest BCUT2D eigenvalue weighted by atomic mass is 10.1. The zero-order valence-electron chi connectivity index (χ0n) is 6.78. The lowest BCUT2D eigenvalue weighted by Gasteiger charge is -2.13. The van der Waals surface area contributed by atoms with Crippen LogP contribution in [-0.2, 0) is 4.79 Å². The highest BCUT2D eigenvalue weighted by Gasteiger charge is 2.22. The van der Waals surface area contributed by atoms with E-state index in [0.717, 1.165) is 5.56 Å². The zero-order valence-corrected chi connectivity index (χ0v) is 9.95. The van der Waals surface area contributed by atoms with Crippen molar-refractivity contribution in [2.75, 3.05) is 0 Å². The van der Waals surface area contributed by atoms with Gasteiger partial charge in [0.2, 0.25) is 5.91 Å². The Morgan fingerprint density at radius 2 is 1.77 bits per heavy atom. The van der Waals surface area contributed by atoms with E-state index in [0.29, 0.717) is 0 Å². The molecule has 2 N–H and O–H groups in total. The van der Waals surface area contributed by atoms with Gasteiger partial charge in [-0.05, 0) is 5.56 Å². The summed E-state index contributed by atoms with van der Waals surface area (Å²) in [6.45, 7) is 0. The number of halogens is 2. The average Bonchev–Trinajstić information content (AvgIpc) is 2.17. The smallest absolute Gasteiger partial charge is 0.232 e. The molecule has 70 valence electrons. The van der Waals surface area contributed by atoms with Crippen molar-refractivity contribution in [1.29, 1.82) is 0 Å². The molecule has 0 saturated heterocycles. The van der Waals surface area contributed by atoms with Gasteiger partial charge in [-0.15, -0.1) is 0 Å². The van der Waals surface area contributed by atoms with Gasteiger partial charge >= 0.3 is 0 Å². The molecule has 2 atom stereocenters. The van der Waals surface area contributed by atoms with Gasteiger partial charge in [0.25, 0.3) is 0 Å². The molecule has 0 heterocycles. The van der Waals surface area contributed by atoms with E-state index >= 15 is 0 Å². The fraction of sp³-hybridized carbons (Fsp3) is 0.222. The Morgan fingerprint density at radius 1 is 1.23 bits per heavy atom. The third kappa shape index (κ3) is 2.81. The molecule has 0 radical (unpaired) electrons. The zero-order chi connectivity index (χ0) is 9.84. The number of carbonyl (C=O) groups excluding carboxylic acids is 1. The van der Waals surface area contributed by atoms with Gasteiger partial charge in [0.1, 0.15) is 4.83 Å². The molecule has 1 aromatic rings. The number of amides is 1. The Bertz CT molecular complexity index is 289. The molecule has 1 aromatic carbocycles. The van der Waals surface area contributed by atoms with Crippen molar-refractivity contribution < 1.29 is 4.79 Å². The number of benzene rings is 1. The highest BCUT2D eigenvalue weighted by molar-refractivity contribution is 9.12. The maximum Gasteiger partial charge on any atom is 0.232 e. The molecule has 0 bridgehead atoms. The maximum absolute atomic E-state index is 10.9. The summed E-state index contributed by atoms with van der Waals surface area (Å²) in [5.74, 6) is -0.370. The van der Waals surface area contributed by atoms with Gasteiger partial charge in [0.05, 0.1) is 4.83 Å². The third-order valence-electron chi connectivity index (χ3n) is 1.65. The first-order valence-corrected chi connectivity index (χ1v) is 5.58. The minimum Gasteiger partial charge on any atom is -0.369 e. The van der Waals surface area contributed by atoms with E-state index in [1.807, 2.05) is 30.3 Å². The van der Waals surface area contributed by atoms with E-state index < -0.39 is 0 Å². The molecule has 0 saturated carbocycles. The molecule has 2 unspecified atom stereocenters. The SMILES string of the molecule is NC(=O)C(Br)C(Br)c1ccccc1. The molecular formula is C9H9Br2NO. The van der Waals surface area contributed by atoms with E-state index in [-0.39, 0.29) is 15.6 Å². The van der Waals surface area contributed by atoms with Gasteiger partial charge in [-0.1, -0.05) is 62.2 Å². The minimum atomic E-state index is -0.380. The molecule has 1 amide bonds. The van der Waals surface area contributed by atoms with Crippen molar-refractivity contribution in [3.63, 3.8) is 0 Å². The van der Waals surface area contributed by atoms with Crippen molar-refractivity contribution in [3.05, 3.63) is 35.9 Å². The van der Waals surface area contributed by atoms with Crippen molar-refractivity contribution in [2.24, 2.45) is 5.73 Å². The van der Waals surface area contributed by atoms with Crippen LogP contribution in [0.1, 0.15) is 10.4 Å². The van der Waals surface area contributed by atoms with Crippen LogP contribution in [0, 0.1) is 0 Å². The Labute approximate surface area is 93.8 Å². The summed E-state index contributed by atoms with van der Waals surface area (Å²) in [7, 11) is 0. The molecule has 0 aliphatic carbocycles. The van der Waals surface area contributed by atoms with Gasteiger partial charge in [-0.2, -0.15) is 0 Å². The lowest BCUT2D eigenvalue weighted by molar-refractivity contribution is -0.117. The molecule has 13 heavy (non-hydrogen) atoms. The highest BCUT2D eigenvalue weighted by atomic mass is 79.9. The van der Waals surface area contributed by atoms with Crippen molar-refractivity contribution in [1.82, 2.24) is 0 Å². The summed E-state index contributed by atoms with van der Waals surface area (Å²) in [5.41, 5.74) is 6.19. The lowest BCUT2D eigenvalue weighted by Crippen LogP contribution is -2.26. The fourth-order valence-corrected chi connectivity index (χ4v) is 1.82. The maximum atomic E-state index is 10.9. The molecule has 0 fully saturated rings. The summed E-state index contributed by atoms with van der Waals surface area (Å²) < 4.78 is 0. The second-order valence-electron chi connectivity index (χ2n) is 2.62. The molecule has 2 nitrogen and oxygen atoms in total. The van der Waals surface area contributed by atoms with Crippen LogP contribution in [0.15, 0.2) is 30.3 Å². The number of primary amides is 1. The molecule has 0 aromatic heterocycles. The number of nitrogens with two attached hydrogens (primary N) is 1. The third-order valence-corrected chi connectivity index (χ3v) is 4.39. The average molecular weight is 307 g/mol. The summed E-state index contributed by atoms with van der Waals surface area (Å²) >= 11 is 6.63. The van der Waals surface area contributed by atoms with Crippen LogP contribution in [-0.4, -0.2) is 10.7 Å². The molecule has 1 rings (SSSR count). The van der Waals surface area contributed by atoms with Crippen LogP contribution in [0.5, 0.6) is 0 Å². The van der Waals surface area contributed by atoms with E-state index in [1.54, 1.807) is 0 Å². The highest BCUT2D eigenvalue weighted by Crippen LogP contribution is 2.30. The molecule has 0 aliphatic rings. The van der Waals surface area contributed by atoms with Crippen LogP contribution in [0.3, 0.4) is 0 Å². The second-order valence-corrected chi connectivity index (χ2v) is 4.59. The van der Waals surface area contributed by atoms with E-state index in [9.17, 15) is 4.79 Å². The largest absolute Gasteiger partial charge is 0.369 e. The van der Waals surface area contributed by atoms with Crippen molar-refractivity contribution in [3.8, 4) is 0 Å². The standard InChI is InChI=1S/C9H9Br2NO/c10-7(8(11)9(12)13)6-4-2-1-3-5-6/h1-5,7-8H,(H2,12,13). The van der Waals surface area contributed by atoms with Crippen LogP contribution >= 0.6 is 31.9 Å². The van der Waals surface area contributed by atoms with E-state index in [1.165, 1.54) is 0 Å². The quantitative estimate of drug-likeness (QED) is 0.856. The normalized spacial score (nSPS) is 14.9. The van der Waals surface area contributed by atoms with Crippen LogP contribution in [0.25, 0.3) is 0 Å². The molecular weight excluding hydrogens is 298 g/mol. The molecule has 4 heteroatoms. The first-order valence-electron chi connectivity index (χ1n) is 3.75. The first-order chi connectivity index (χ1) is 6.13. The van der Waals surface area contributed by atoms with Crippen LogP contribution < -0.4 is 5.73 Å². The first kappa shape index (κ1) is 10.7. The fourth-order valence-electron chi connectivity index (χ4n) is 0.950. The molecule has 0 aliphatic heterocycles. The van der Waals surface area contributed by atoms with Gasteiger partial charge in [-0.25, -0.2) is 0 Å². The Kier molecular flexibility index (Phi) is 3.93. The second kappa shape index (κ2) is 4.77.